The molecule has 34 heavy (non-hydrogen) atoms. The second-order valence-corrected chi connectivity index (χ2v) is 8.41. The summed E-state index contributed by atoms with van der Waals surface area (Å²) in [6, 6.07) is 18.3. The normalized spacial score (nSPS) is 12.7. The van der Waals surface area contributed by atoms with Crippen molar-refractivity contribution >= 4 is 49.9 Å². The average molecular weight is 577 g/mol. The second-order valence-electron chi connectivity index (χ2n) is 7.33. The van der Waals surface area contributed by atoms with Crippen LogP contribution >= 0.6 is 22.6 Å². The van der Waals surface area contributed by atoms with Crippen LogP contribution in [0.2, 0.25) is 0 Å². The predicted octanol–water partition coefficient (Wildman–Crippen LogP) is 3.55. The van der Waals surface area contributed by atoms with Crippen molar-refractivity contribution in [2.45, 2.75) is 31.7 Å². The highest BCUT2D eigenvalue weighted by atomic mass is 127. The third-order valence-electron chi connectivity index (χ3n) is 4.89. The molecule has 180 valence electrons. The molecule has 2 aromatic rings. The zero-order chi connectivity index (χ0) is 24.9. The molecule has 4 N–H and O–H groups in total. The molecule has 0 aliphatic heterocycles. The number of halogens is 1. The van der Waals surface area contributed by atoms with E-state index in [9.17, 15) is 14.7 Å². The summed E-state index contributed by atoms with van der Waals surface area (Å²) in [5.41, 5.74) is 1.87. The van der Waals surface area contributed by atoms with E-state index in [4.69, 9.17) is 10.2 Å². The summed E-state index contributed by atoms with van der Waals surface area (Å²) in [5, 5.41) is 26.0. The van der Waals surface area contributed by atoms with Gasteiger partial charge in [-0.3, -0.25) is 15.2 Å². The van der Waals surface area contributed by atoms with Crippen LogP contribution in [0.4, 0.5) is 0 Å². The first-order chi connectivity index (χ1) is 16.3. The Bertz CT molecular complexity index is 989. The molecule has 0 radical (unpaired) electrons. The van der Waals surface area contributed by atoms with E-state index >= 15 is 0 Å². The Morgan fingerprint density at radius 1 is 1.09 bits per heavy atom. The zero-order valence-corrected chi connectivity index (χ0v) is 21.2. The number of nitrogens with zero attached hydrogens (tertiary/aromatic N) is 2. The van der Waals surface area contributed by atoms with Crippen LogP contribution in [0.15, 0.2) is 70.8 Å². The Kier molecular flexibility index (Phi) is 11.2. The van der Waals surface area contributed by atoms with Crippen molar-refractivity contribution in [2.24, 2.45) is 10.1 Å². The lowest BCUT2D eigenvalue weighted by atomic mass is 9.91. The number of carboxylic acids is 1. The molecule has 2 aromatic carbocycles. The zero-order valence-electron chi connectivity index (χ0n) is 19.0. The van der Waals surface area contributed by atoms with Crippen LogP contribution in [0.5, 0.6) is 0 Å². The van der Waals surface area contributed by atoms with Crippen LogP contribution in [-0.2, 0) is 14.4 Å². The maximum absolute atomic E-state index is 12.5. The molecule has 0 fully saturated rings. The summed E-state index contributed by atoms with van der Waals surface area (Å²) in [4.78, 5) is 33.9. The van der Waals surface area contributed by atoms with Gasteiger partial charge in [-0.25, -0.2) is 4.79 Å². The van der Waals surface area contributed by atoms with E-state index in [1.54, 1.807) is 7.05 Å². The summed E-state index contributed by atoms with van der Waals surface area (Å²) in [5.74, 6) is -1.82. The van der Waals surface area contributed by atoms with Gasteiger partial charge in [-0.2, -0.15) is 0 Å². The van der Waals surface area contributed by atoms with Gasteiger partial charge in [0.1, 0.15) is 11.8 Å². The van der Waals surface area contributed by atoms with Gasteiger partial charge in [0.2, 0.25) is 5.90 Å². The minimum Gasteiger partial charge on any atom is -0.480 e. The molecule has 1 amide bonds. The Morgan fingerprint density at radius 2 is 1.65 bits per heavy atom. The number of oxime groups is 1. The molecule has 0 spiro atoms. The summed E-state index contributed by atoms with van der Waals surface area (Å²) in [6.07, 6.45) is 0.676. The number of aliphatic imine (C=N–C) groups is 1. The van der Waals surface area contributed by atoms with Crippen LogP contribution in [0.1, 0.15) is 36.8 Å². The van der Waals surface area contributed by atoms with Gasteiger partial charge < -0.3 is 20.6 Å². The number of hydrogen-bond acceptors (Lipinski definition) is 6. The van der Waals surface area contributed by atoms with Crippen LogP contribution in [0, 0.1) is 5.41 Å². The van der Waals surface area contributed by atoms with Crippen molar-refractivity contribution in [1.29, 1.82) is 5.41 Å². The SMILES string of the molecule is C/N=C(/O/N=C(\C)C(=O)N[C@@H](CCCNC(=N)I)C(=O)O)C(c1ccccc1)c1ccccc1. The molecule has 0 aliphatic carbocycles. The fourth-order valence-corrected chi connectivity index (χ4v) is 3.44. The molecule has 9 nitrogen and oxygen atoms in total. The van der Waals surface area contributed by atoms with Crippen molar-refractivity contribution in [1.82, 2.24) is 10.6 Å². The van der Waals surface area contributed by atoms with Crippen molar-refractivity contribution in [3.63, 3.8) is 0 Å². The molecule has 0 heterocycles. The first-order valence-corrected chi connectivity index (χ1v) is 11.7. The number of rotatable bonds is 11. The van der Waals surface area contributed by atoms with E-state index in [-0.39, 0.29) is 21.9 Å². The van der Waals surface area contributed by atoms with Gasteiger partial charge in [0.25, 0.3) is 5.91 Å². The average Bonchev–Trinajstić information content (AvgIpc) is 2.84. The first kappa shape index (κ1) is 27.0. The van der Waals surface area contributed by atoms with E-state index in [1.165, 1.54) is 6.92 Å². The predicted molar refractivity (Wildman–Crippen MR) is 141 cm³/mol. The van der Waals surface area contributed by atoms with E-state index in [2.05, 4.69) is 20.8 Å². The molecule has 0 saturated carbocycles. The lowest BCUT2D eigenvalue weighted by Crippen LogP contribution is -2.43. The van der Waals surface area contributed by atoms with E-state index in [0.29, 0.717) is 18.9 Å². The van der Waals surface area contributed by atoms with E-state index in [0.717, 1.165) is 11.1 Å². The lowest BCUT2D eigenvalue weighted by Gasteiger charge is -2.18. The topological polar surface area (TPSA) is 136 Å². The largest absolute Gasteiger partial charge is 0.480 e. The number of carboxylic acid groups (broad SMARTS) is 1. The van der Waals surface area contributed by atoms with Crippen molar-refractivity contribution in [2.75, 3.05) is 13.6 Å². The van der Waals surface area contributed by atoms with Gasteiger partial charge in [-0.15, -0.1) is 0 Å². The van der Waals surface area contributed by atoms with Gasteiger partial charge in [0.05, 0.1) is 5.92 Å². The molecule has 0 unspecified atom stereocenters. The van der Waals surface area contributed by atoms with Crippen LogP contribution in [0.25, 0.3) is 0 Å². The van der Waals surface area contributed by atoms with Crippen LogP contribution < -0.4 is 10.6 Å². The monoisotopic (exact) mass is 577 g/mol. The molecular formula is C24H28IN5O4. The van der Waals surface area contributed by atoms with E-state index in [1.807, 2.05) is 83.3 Å². The minimum absolute atomic E-state index is 0.0283. The molecular weight excluding hydrogens is 549 g/mol. The number of carbonyl (C=O) groups is 2. The molecule has 1 atom stereocenters. The van der Waals surface area contributed by atoms with Crippen molar-refractivity contribution in [3.05, 3.63) is 71.8 Å². The van der Waals surface area contributed by atoms with Gasteiger partial charge in [-0.05, 0) is 53.5 Å². The fourth-order valence-electron chi connectivity index (χ4n) is 3.17. The third kappa shape index (κ3) is 8.58. The fraction of sp³-hybridized carbons (Fsp3) is 0.292. The highest BCUT2D eigenvalue weighted by Crippen LogP contribution is 2.27. The van der Waals surface area contributed by atoms with E-state index < -0.39 is 17.9 Å². The first-order valence-electron chi connectivity index (χ1n) is 10.6. The summed E-state index contributed by atoms with van der Waals surface area (Å²) >= 11 is 1.82. The Labute approximate surface area is 212 Å². The number of benzene rings is 2. The smallest absolute Gasteiger partial charge is 0.326 e. The van der Waals surface area contributed by atoms with Crippen molar-refractivity contribution < 1.29 is 19.5 Å². The summed E-state index contributed by atoms with van der Waals surface area (Å²) in [6.45, 7) is 1.88. The van der Waals surface area contributed by atoms with Crippen LogP contribution in [0.3, 0.4) is 0 Å². The number of aliphatic carboxylic acids is 1. The number of hydrogen-bond donors (Lipinski definition) is 4. The van der Waals surface area contributed by atoms with Crippen molar-refractivity contribution in [3.8, 4) is 0 Å². The summed E-state index contributed by atoms with van der Waals surface area (Å²) in [7, 11) is 1.59. The maximum Gasteiger partial charge on any atom is 0.326 e. The second kappa shape index (κ2) is 14.1. The number of amidine groups is 1. The Hall–Kier alpha value is -3.28. The Balaban J connectivity index is 2.11. The highest BCUT2D eigenvalue weighted by molar-refractivity contribution is 14.1. The number of amides is 1. The Morgan fingerprint density at radius 3 is 2.12 bits per heavy atom. The van der Waals surface area contributed by atoms with Crippen LogP contribution in [-0.4, -0.2) is 52.1 Å². The number of nitrogens with one attached hydrogen (secondary N) is 3. The summed E-state index contributed by atoms with van der Waals surface area (Å²) < 4.78 is 0.270. The molecule has 0 saturated heterocycles. The third-order valence-corrected chi connectivity index (χ3v) is 5.27. The van der Waals surface area contributed by atoms with Gasteiger partial charge in [-0.1, -0.05) is 65.8 Å². The maximum atomic E-state index is 12.5. The lowest BCUT2D eigenvalue weighted by molar-refractivity contribution is -0.141. The molecule has 0 aliphatic rings. The van der Waals surface area contributed by atoms with Gasteiger partial charge >= 0.3 is 5.97 Å². The molecule has 2 rings (SSSR count). The van der Waals surface area contributed by atoms with Gasteiger partial charge in [0, 0.05) is 13.6 Å². The molecule has 0 aromatic heterocycles. The standard InChI is InChI=1S/C24H28IN5O4/c1-16(21(31)29-19(23(32)33)14-9-15-28-24(25)26)30-34-22(27-2)20(17-10-5-3-6-11-17)18-12-7-4-8-13-18/h3-8,10-13,19-20H,9,14-15H2,1-2H3,(H2,26,28)(H,29,31)(H,32,33)/b27-22+,30-16+/t19-/m0/s1. The molecule has 10 heteroatoms. The molecule has 0 bridgehead atoms. The number of carbonyl (C=O) groups excluding carboxylic acids is 1. The van der Waals surface area contributed by atoms with Gasteiger partial charge in [0.15, 0.2) is 3.84 Å². The quantitative estimate of drug-likeness (QED) is 0.0809. The minimum atomic E-state index is -1.14. The highest BCUT2D eigenvalue weighted by Gasteiger charge is 2.24.